The molecule has 1 aromatic carbocycles. The highest BCUT2D eigenvalue weighted by Crippen LogP contribution is 2.59. The van der Waals surface area contributed by atoms with E-state index in [1.165, 1.54) is 5.56 Å². The maximum Gasteiger partial charge on any atom is 0.459 e. The summed E-state index contributed by atoms with van der Waals surface area (Å²) in [7, 11) is -0.224. The zero-order valence-corrected chi connectivity index (χ0v) is 20.8. The first kappa shape index (κ1) is 23.6. The third-order valence-electron chi connectivity index (χ3n) is 7.63. The summed E-state index contributed by atoms with van der Waals surface area (Å²) in [6.07, 6.45) is 1.71. The van der Waals surface area contributed by atoms with Crippen molar-refractivity contribution in [3.63, 3.8) is 0 Å². The first-order valence-corrected chi connectivity index (χ1v) is 12.0. The van der Waals surface area contributed by atoms with Gasteiger partial charge in [-0.1, -0.05) is 30.3 Å². The second-order valence-electron chi connectivity index (χ2n) is 11.6. The van der Waals surface area contributed by atoms with Gasteiger partial charge in [-0.25, -0.2) is 4.79 Å². The van der Waals surface area contributed by atoms with E-state index in [2.05, 4.69) is 62.9 Å². The van der Waals surface area contributed by atoms with E-state index >= 15 is 0 Å². The molecule has 3 fully saturated rings. The fraction of sp³-hybridized carbons (Fsp3) is 0.720. The number of hydrogen-bond donors (Lipinski definition) is 0. The number of carbonyl (C=O) groups is 1. The number of piperazine rings is 1. The van der Waals surface area contributed by atoms with E-state index in [0.717, 1.165) is 25.8 Å². The average Bonchev–Trinajstić information content (AvgIpc) is 3.36. The Morgan fingerprint density at radius 3 is 2.12 bits per heavy atom. The van der Waals surface area contributed by atoms with Gasteiger partial charge in [0.05, 0.1) is 11.2 Å². The van der Waals surface area contributed by atoms with Crippen LogP contribution in [0, 0.1) is 0 Å². The van der Waals surface area contributed by atoms with Crippen LogP contribution in [0.5, 0.6) is 0 Å². The van der Waals surface area contributed by atoms with Crippen molar-refractivity contribution in [2.45, 2.75) is 89.5 Å². The van der Waals surface area contributed by atoms with Crippen LogP contribution in [0.2, 0.25) is 6.32 Å². The Morgan fingerprint density at radius 2 is 1.59 bits per heavy atom. The van der Waals surface area contributed by atoms with E-state index in [-0.39, 0.29) is 30.0 Å². The molecule has 1 amide bonds. The summed E-state index contributed by atoms with van der Waals surface area (Å²) >= 11 is 0. The molecular formula is C25H39BN2O4. The summed E-state index contributed by atoms with van der Waals surface area (Å²) in [6, 6.07) is 10.8. The van der Waals surface area contributed by atoms with E-state index in [1.54, 1.807) is 0 Å². The maximum atomic E-state index is 12.5. The molecule has 3 aliphatic rings. The van der Waals surface area contributed by atoms with Crippen molar-refractivity contribution in [1.82, 2.24) is 9.80 Å². The zero-order chi connectivity index (χ0) is 23.4. The molecule has 1 aliphatic carbocycles. The SMILES string of the molecule is CC(C)(C)OC(=O)N1CCN([C@]2(CB3OC(C)(C)C(C)(C)O3)C[C@H]2c2ccccc2)CC1. The van der Waals surface area contributed by atoms with Crippen LogP contribution in [-0.4, -0.2) is 71.5 Å². The molecule has 7 heteroatoms. The first-order chi connectivity index (χ1) is 14.8. The molecule has 0 unspecified atom stereocenters. The number of hydrogen-bond acceptors (Lipinski definition) is 5. The minimum atomic E-state index is -0.471. The Labute approximate surface area is 193 Å². The van der Waals surface area contributed by atoms with E-state index in [0.29, 0.717) is 19.0 Å². The highest BCUT2D eigenvalue weighted by molar-refractivity contribution is 6.46. The molecule has 0 spiro atoms. The van der Waals surface area contributed by atoms with Gasteiger partial charge in [-0.15, -0.1) is 0 Å². The van der Waals surface area contributed by atoms with Gasteiger partial charge in [0.2, 0.25) is 0 Å². The van der Waals surface area contributed by atoms with Crippen LogP contribution in [0.25, 0.3) is 0 Å². The second kappa shape index (κ2) is 8.03. The van der Waals surface area contributed by atoms with Crippen molar-refractivity contribution in [3.8, 4) is 0 Å². The molecule has 0 aromatic heterocycles. The fourth-order valence-corrected chi connectivity index (χ4v) is 5.11. The average molecular weight is 442 g/mol. The van der Waals surface area contributed by atoms with Crippen molar-refractivity contribution in [1.29, 1.82) is 0 Å². The summed E-state index contributed by atoms with van der Waals surface area (Å²) < 4.78 is 18.4. The van der Waals surface area contributed by atoms with E-state index in [4.69, 9.17) is 14.0 Å². The third-order valence-corrected chi connectivity index (χ3v) is 7.63. The number of amides is 1. The molecule has 2 saturated heterocycles. The zero-order valence-electron chi connectivity index (χ0n) is 20.8. The molecule has 1 saturated carbocycles. The standard InChI is InChI=1S/C25H39BN2O4/c1-22(2,3)30-21(29)27-13-15-28(16-14-27)25(17-20(25)19-11-9-8-10-12-19)18-26-31-23(4,5)24(6,7)32-26/h8-12,20H,13-18H2,1-7H3/t20-,25-/m0/s1. The van der Waals surface area contributed by atoms with Gasteiger partial charge in [-0.2, -0.15) is 0 Å². The van der Waals surface area contributed by atoms with E-state index in [1.807, 2.05) is 25.7 Å². The summed E-state index contributed by atoms with van der Waals surface area (Å²) in [5, 5.41) is 0. The van der Waals surface area contributed by atoms with Crippen molar-refractivity contribution in [2.75, 3.05) is 26.2 Å². The Kier molecular flexibility index (Phi) is 5.92. The highest BCUT2D eigenvalue weighted by Gasteiger charge is 2.63. The summed E-state index contributed by atoms with van der Waals surface area (Å²) in [4.78, 5) is 16.9. The van der Waals surface area contributed by atoms with Crippen LogP contribution >= 0.6 is 0 Å². The number of carbonyl (C=O) groups excluding carboxylic acids is 1. The molecule has 176 valence electrons. The predicted octanol–water partition coefficient (Wildman–Crippen LogP) is 4.56. The van der Waals surface area contributed by atoms with Gasteiger partial charge in [-0.05, 0) is 60.5 Å². The Balaban J connectivity index is 1.48. The first-order valence-electron chi connectivity index (χ1n) is 12.0. The van der Waals surface area contributed by atoms with Crippen LogP contribution in [-0.2, 0) is 14.0 Å². The van der Waals surface area contributed by atoms with Crippen LogP contribution < -0.4 is 0 Å². The molecule has 32 heavy (non-hydrogen) atoms. The predicted molar refractivity (Wildman–Crippen MR) is 127 cm³/mol. The topological polar surface area (TPSA) is 51.2 Å². The summed E-state index contributed by atoms with van der Waals surface area (Å²) in [5.41, 5.74) is 0.249. The van der Waals surface area contributed by atoms with Crippen LogP contribution in [0.3, 0.4) is 0 Å². The van der Waals surface area contributed by atoms with Crippen molar-refractivity contribution >= 4 is 13.2 Å². The number of nitrogens with zero attached hydrogens (tertiary/aromatic N) is 2. The van der Waals surface area contributed by atoms with E-state index in [9.17, 15) is 4.79 Å². The maximum absolute atomic E-state index is 12.5. The highest BCUT2D eigenvalue weighted by atomic mass is 16.7. The number of benzene rings is 1. The van der Waals surface area contributed by atoms with Gasteiger partial charge in [0, 0.05) is 44.0 Å². The third kappa shape index (κ3) is 4.57. The lowest BCUT2D eigenvalue weighted by Gasteiger charge is -2.41. The van der Waals surface area contributed by atoms with Crippen LogP contribution in [0.4, 0.5) is 4.79 Å². The minimum Gasteiger partial charge on any atom is -0.444 e. The molecule has 2 aliphatic heterocycles. The Morgan fingerprint density at radius 1 is 1.03 bits per heavy atom. The van der Waals surface area contributed by atoms with Gasteiger partial charge in [-0.3, -0.25) is 4.90 Å². The van der Waals surface area contributed by atoms with Crippen molar-refractivity contribution in [3.05, 3.63) is 35.9 Å². The van der Waals surface area contributed by atoms with Gasteiger partial charge in [0.25, 0.3) is 0 Å². The lowest BCUT2D eigenvalue weighted by Crippen LogP contribution is -2.55. The minimum absolute atomic E-state index is 0.00252. The molecular weight excluding hydrogens is 403 g/mol. The molecule has 1 aromatic rings. The monoisotopic (exact) mass is 442 g/mol. The quantitative estimate of drug-likeness (QED) is 0.640. The normalized spacial score (nSPS) is 29.8. The van der Waals surface area contributed by atoms with Crippen molar-refractivity contribution in [2.24, 2.45) is 0 Å². The Bertz CT molecular complexity index is 814. The largest absolute Gasteiger partial charge is 0.459 e. The second-order valence-corrected chi connectivity index (χ2v) is 11.6. The van der Waals surface area contributed by atoms with Gasteiger partial charge in [0.15, 0.2) is 0 Å². The van der Waals surface area contributed by atoms with Crippen molar-refractivity contribution < 1.29 is 18.8 Å². The van der Waals surface area contributed by atoms with Gasteiger partial charge >= 0.3 is 13.2 Å². The molecule has 0 N–H and O–H groups in total. The number of ether oxygens (including phenoxy) is 1. The molecule has 2 heterocycles. The van der Waals surface area contributed by atoms with Gasteiger partial charge < -0.3 is 18.9 Å². The molecule has 2 atom stereocenters. The lowest BCUT2D eigenvalue weighted by atomic mass is 9.76. The molecule has 4 rings (SSSR count). The Hall–Kier alpha value is -1.57. The molecule has 6 nitrogen and oxygen atoms in total. The fourth-order valence-electron chi connectivity index (χ4n) is 5.11. The van der Waals surface area contributed by atoms with Crippen LogP contribution in [0.15, 0.2) is 30.3 Å². The summed E-state index contributed by atoms with van der Waals surface area (Å²) in [5.74, 6) is 0.454. The summed E-state index contributed by atoms with van der Waals surface area (Å²) in [6.45, 7) is 17.2. The molecule has 0 radical (unpaired) electrons. The molecule has 0 bridgehead atoms. The lowest BCUT2D eigenvalue weighted by molar-refractivity contribution is 0.00578. The van der Waals surface area contributed by atoms with Crippen LogP contribution in [0.1, 0.15) is 66.4 Å². The van der Waals surface area contributed by atoms with E-state index < -0.39 is 5.60 Å². The van der Waals surface area contributed by atoms with Gasteiger partial charge in [0.1, 0.15) is 5.60 Å². The number of rotatable bonds is 4. The smallest absolute Gasteiger partial charge is 0.444 e.